The number of hydrogen-bond donors (Lipinski definition) is 1. The Balaban J connectivity index is 1.46. The maximum Gasteiger partial charge on any atom is 0.229 e. The van der Waals surface area contributed by atoms with E-state index >= 15 is 0 Å². The van der Waals surface area contributed by atoms with Gasteiger partial charge in [-0.2, -0.15) is 5.10 Å². The molecule has 2 aliphatic rings. The Morgan fingerprint density at radius 2 is 2.04 bits per heavy atom. The maximum atomic E-state index is 12.9. The number of aryl methyl sites for hydroxylation is 1. The highest BCUT2D eigenvalue weighted by Crippen LogP contribution is 2.29. The molecule has 1 atom stereocenters. The van der Waals surface area contributed by atoms with Crippen LogP contribution < -0.4 is 10.2 Å². The lowest BCUT2D eigenvalue weighted by Gasteiger charge is -2.32. The molecule has 1 aromatic heterocycles. The van der Waals surface area contributed by atoms with Crippen molar-refractivity contribution in [2.45, 2.75) is 38.5 Å². The molecule has 1 N–H and O–H groups in total. The second kappa shape index (κ2) is 7.21. The van der Waals surface area contributed by atoms with Gasteiger partial charge in [-0.3, -0.25) is 4.79 Å². The summed E-state index contributed by atoms with van der Waals surface area (Å²) in [5.41, 5.74) is 3.75. The van der Waals surface area contributed by atoms with Gasteiger partial charge in [-0.25, -0.2) is 0 Å². The monoisotopic (exact) mass is 336 g/mol. The van der Waals surface area contributed by atoms with E-state index in [1.165, 1.54) is 24.0 Å². The minimum absolute atomic E-state index is 0.00444. The first-order valence-electron chi connectivity index (χ1n) is 9.25. The van der Waals surface area contributed by atoms with E-state index in [0.717, 1.165) is 43.7 Å². The molecule has 1 saturated heterocycles. The summed E-state index contributed by atoms with van der Waals surface area (Å²) in [4.78, 5) is 15.0. The fourth-order valence-electron chi connectivity index (χ4n) is 3.99. The molecule has 25 heavy (non-hydrogen) atoms. The molecule has 1 amide bonds. The molecule has 1 unspecified atom stereocenters. The first-order chi connectivity index (χ1) is 12.3. The summed E-state index contributed by atoms with van der Waals surface area (Å²) >= 11 is 0. The van der Waals surface area contributed by atoms with Crippen LogP contribution in [0.25, 0.3) is 0 Å². The second-order valence-electron chi connectivity index (χ2n) is 7.01. The average Bonchev–Trinajstić information content (AvgIpc) is 2.69. The van der Waals surface area contributed by atoms with Crippen LogP contribution in [0.1, 0.15) is 36.8 Å². The van der Waals surface area contributed by atoms with Gasteiger partial charge in [0.2, 0.25) is 5.91 Å². The Hall–Kier alpha value is -2.43. The number of carbonyl (C=O) groups excluding carboxylic acids is 1. The van der Waals surface area contributed by atoms with E-state index in [4.69, 9.17) is 0 Å². The molecule has 1 aliphatic heterocycles. The summed E-state index contributed by atoms with van der Waals surface area (Å²) in [6.07, 6.45) is 8.27. The molecule has 2 heterocycles. The summed E-state index contributed by atoms with van der Waals surface area (Å²) in [6, 6.07) is 10.2. The number of anilines is 2. The molecule has 0 spiro atoms. The number of nitrogens with zero attached hydrogens (tertiary/aromatic N) is 3. The van der Waals surface area contributed by atoms with E-state index in [2.05, 4.69) is 32.5 Å². The van der Waals surface area contributed by atoms with Gasteiger partial charge in [-0.15, -0.1) is 5.10 Å². The summed E-state index contributed by atoms with van der Waals surface area (Å²) in [5, 5.41) is 11.3. The van der Waals surface area contributed by atoms with Crippen LogP contribution in [0.4, 0.5) is 11.5 Å². The topological polar surface area (TPSA) is 58.1 Å². The van der Waals surface area contributed by atoms with Gasteiger partial charge in [0.1, 0.15) is 0 Å². The number of fused-ring (bicyclic) bond motifs is 1. The van der Waals surface area contributed by atoms with Crippen LogP contribution in [-0.2, 0) is 17.6 Å². The molecule has 130 valence electrons. The minimum Gasteiger partial charge on any atom is -0.354 e. The highest BCUT2D eigenvalue weighted by Gasteiger charge is 2.27. The number of amides is 1. The first kappa shape index (κ1) is 16.1. The van der Waals surface area contributed by atoms with Gasteiger partial charge in [-0.1, -0.05) is 12.1 Å². The molecular formula is C20H24N4O. The zero-order valence-corrected chi connectivity index (χ0v) is 14.4. The second-order valence-corrected chi connectivity index (χ2v) is 7.01. The Labute approximate surface area is 148 Å². The predicted molar refractivity (Wildman–Crippen MR) is 98.7 cm³/mol. The van der Waals surface area contributed by atoms with Gasteiger partial charge in [0.25, 0.3) is 0 Å². The van der Waals surface area contributed by atoms with Crippen molar-refractivity contribution >= 4 is 17.4 Å². The lowest BCUT2D eigenvalue weighted by molar-refractivity contribution is -0.120. The van der Waals surface area contributed by atoms with Crippen LogP contribution in [0, 0.1) is 5.92 Å². The zero-order valence-electron chi connectivity index (χ0n) is 14.4. The van der Waals surface area contributed by atoms with Crippen molar-refractivity contribution in [1.29, 1.82) is 0 Å². The third kappa shape index (κ3) is 3.50. The zero-order chi connectivity index (χ0) is 17.1. The number of rotatable bonds is 3. The minimum atomic E-state index is -0.00444. The molecule has 5 nitrogen and oxygen atoms in total. The van der Waals surface area contributed by atoms with Gasteiger partial charge in [0.05, 0.1) is 5.92 Å². The predicted octanol–water partition coefficient (Wildman–Crippen LogP) is 3.21. The van der Waals surface area contributed by atoms with E-state index in [0.29, 0.717) is 6.54 Å². The number of nitrogens with one attached hydrogen (secondary N) is 1. The number of piperidine rings is 1. The quantitative estimate of drug-likeness (QED) is 0.935. The fourth-order valence-corrected chi connectivity index (χ4v) is 3.99. The van der Waals surface area contributed by atoms with Crippen LogP contribution in [0.15, 0.2) is 36.5 Å². The fraction of sp³-hybridized carbons (Fsp3) is 0.450. The standard InChI is InChI=1S/C20H24N4O/c25-20(22-18-10-3-7-15-6-1-2-9-17(15)18)16-8-5-13-24(14-16)19-11-4-12-21-23-19/h3-4,7,10-12,16H,1-2,5-6,8-9,13-14H2,(H,22,25). The van der Waals surface area contributed by atoms with Crippen molar-refractivity contribution < 1.29 is 4.79 Å². The van der Waals surface area contributed by atoms with Crippen LogP contribution in [0.5, 0.6) is 0 Å². The van der Waals surface area contributed by atoms with E-state index in [9.17, 15) is 4.79 Å². The molecule has 0 radical (unpaired) electrons. The largest absolute Gasteiger partial charge is 0.354 e. The van der Waals surface area contributed by atoms with E-state index in [1.54, 1.807) is 6.20 Å². The third-order valence-electron chi connectivity index (χ3n) is 5.33. The summed E-state index contributed by atoms with van der Waals surface area (Å²) < 4.78 is 0. The van der Waals surface area contributed by atoms with Gasteiger partial charge >= 0.3 is 0 Å². The maximum absolute atomic E-state index is 12.9. The normalized spacial score (nSPS) is 20.0. The molecule has 2 aromatic rings. The molecule has 1 aromatic carbocycles. The Morgan fingerprint density at radius 1 is 1.12 bits per heavy atom. The Bertz CT molecular complexity index is 747. The van der Waals surface area contributed by atoms with Crippen LogP contribution in [0.2, 0.25) is 0 Å². The van der Waals surface area contributed by atoms with E-state index < -0.39 is 0 Å². The first-order valence-corrected chi connectivity index (χ1v) is 9.25. The van der Waals surface area contributed by atoms with Crippen molar-refractivity contribution in [1.82, 2.24) is 10.2 Å². The van der Waals surface area contributed by atoms with Gasteiger partial charge in [0, 0.05) is 25.0 Å². The lowest BCUT2D eigenvalue weighted by atomic mass is 9.90. The molecule has 5 heteroatoms. The number of aromatic nitrogens is 2. The van der Waals surface area contributed by atoms with Crippen molar-refractivity contribution in [3.63, 3.8) is 0 Å². The number of hydrogen-bond acceptors (Lipinski definition) is 4. The number of carbonyl (C=O) groups is 1. The molecule has 0 bridgehead atoms. The van der Waals surface area contributed by atoms with Crippen molar-refractivity contribution in [3.8, 4) is 0 Å². The van der Waals surface area contributed by atoms with Gasteiger partial charge in [0.15, 0.2) is 5.82 Å². The highest BCUT2D eigenvalue weighted by atomic mass is 16.1. The molecule has 0 saturated carbocycles. The SMILES string of the molecule is O=C(Nc1cccc2c1CCCC2)C1CCCN(c2cccnn2)C1. The average molecular weight is 336 g/mol. The lowest BCUT2D eigenvalue weighted by Crippen LogP contribution is -2.41. The number of benzene rings is 1. The van der Waals surface area contributed by atoms with Gasteiger partial charge in [-0.05, 0) is 67.9 Å². The summed E-state index contributed by atoms with van der Waals surface area (Å²) in [7, 11) is 0. The highest BCUT2D eigenvalue weighted by molar-refractivity contribution is 5.94. The van der Waals surface area contributed by atoms with Crippen molar-refractivity contribution in [2.75, 3.05) is 23.3 Å². The summed E-state index contributed by atoms with van der Waals surface area (Å²) in [6.45, 7) is 1.64. The Kier molecular flexibility index (Phi) is 4.63. The van der Waals surface area contributed by atoms with Crippen LogP contribution >= 0.6 is 0 Å². The third-order valence-corrected chi connectivity index (χ3v) is 5.33. The van der Waals surface area contributed by atoms with E-state index in [1.807, 2.05) is 18.2 Å². The van der Waals surface area contributed by atoms with E-state index in [-0.39, 0.29) is 11.8 Å². The van der Waals surface area contributed by atoms with Crippen molar-refractivity contribution in [3.05, 3.63) is 47.7 Å². The molecular weight excluding hydrogens is 312 g/mol. The smallest absolute Gasteiger partial charge is 0.229 e. The van der Waals surface area contributed by atoms with Gasteiger partial charge < -0.3 is 10.2 Å². The molecule has 1 aliphatic carbocycles. The van der Waals surface area contributed by atoms with Crippen molar-refractivity contribution in [2.24, 2.45) is 5.92 Å². The molecule has 4 rings (SSSR count). The summed E-state index contributed by atoms with van der Waals surface area (Å²) in [5.74, 6) is 0.986. The Morgan fingerprint density at radius 3 is 2.92 bits per heavy atom. The van der Waals surface area contributed by atoms with Crippen LogP contribution in [0.3, 0.4) is 0 Å². The van der Waals surface area contributed by atoms with Crippen LogP contribution in [-0.4, -0.2) is 29.2 Å². The molecule has 1 fully saturated rings.